The van der Waals surface area contributed by atoms with Gasteiger partial charge >= 0.3 is 5.97 Å². The molecule has 0 saturated carbocycles. The van der Waals surface area contributed by atoms with Crippen LogP contribution in [-0.4, -0.2) is 74.6 Å². The molecule has 1 aliphatic heterocycles. The Labute approximate surface area is 255 Å². The zero-order chi connectivity index (χ0) is 32.2. The maximum absolute atomic E-state index is 13.0. The van der Waals surface area contributed by atoms with Crippen LogP contribution in [0.15, 0.2) is 48.7 Å². The summed E-state index contributed by atoms with van der Waals surface area (Å²) in [6.07, 6.45) is 2.35. The predicted octanol–water partition coefficient (Wildman–Crippen LogP) is 0.677. The van der Waals surface area contributed by atoms with E-state index in [9.17, 15) is 24.0 Å². The van der Waals surface area contributed by atoms with Crippen LogP contribution in [0.3, 0.4) is 0 Å². The Balaban J connectivity index is 1.21. The zero-order valence-electron chi connectivity index (χ0n) is 24.0. The van der Waals surface area contributed by atoms with E-state index in [1.165, 1.54) is 42.5 Å². The first-order chi connectivity index (χ1) is 21.6. The number of nitrogens with one attached hydrogen (secondary N) is 1. The highest BCUT2D eigenvalue weighted by atomic mass is 16.5. The average molecular weight is 613 g/mol. The van der Waals surface area contributed by atoms with Crippen LogP contribution in [0.5, 0.6) is 0 Å². The molecule has 0 unspecified atom stereocenters. The van der Waals surface area contributed by atoms with Gasteiger partial charge in [0, 0.05) is 23.5 Å². The Kier molecular flexibility index (Phi) is 8.46. The van der Waals surface area contributed by atoms with Gasteiger partial charge in [0.25, 0.3) is 17.7 Å². The van der Waals surface area contributed by atoms with Crippen molar-refractivity contribution in [2.24, 2.45) is 0 Å². The maximum atomic E-state index is 13.0. The number of methoxy groups -OCH3 is 1. The van der Waals surface area contributed by atoms with Crippen LogP contribution in [0.4, 0.5) is 23.1 Å². The highest BCUT2D eigenvalue weighted by Gasteiger charge is 2.35. The number of esters is 1. The standard InChI is InChI=1S/C29H28N10O6/c1-45-28(44)21(3-2-10-39-26(42)19-9-6-16(30)11-20(19)27(39)43)35-25(41)15-4-7-18(8-5-15)38(14-40)13-17-12-33-24-22(34-17)23(31)36-29(32)37-24/h4-9,11-12,14,21H,2-3,10,13,30H2,1H3,(H,35,41)(H4,31,32,33,36,37)/t21-/m0/s1. The van der Waals surface area contributed by atoms with Crippen molar-refractivity contribution in [1.82, 2.24) is 30.2 Å². The summed E-state index contributed by atoms with van der Waals surface area (Å²) in [5.74, 6) is -2.16. The van der Waals surface area contributed by atoms with Gasteiger partial charge in [0.15, 0.2) is 17.0 Å². The van der Waals surface area contributed by atoms with E-state index in [0.717, 1.165) is 4.90 Å². The van der Waals surface area contributed by atoms with E-state index in [-0.39, 0.29) is 65.6 Å². The van der Waals surface area contributed by atoms with Gasteiger partial charge in [0.1, 0.15) is 6.04 Å². The second-order valence-corrected chi connectivity index (χ2v) is 10.0. The smallest absolute Gasteiger partial charge is 0.328 e. The van der Waals surface area contributed by atoms with Crippen molar-refractivity contribution in [2.75, 3.05) is 35.8 Å². The molecule has 5 rings (SSSR count). The van der Waals surface area contributed by atoms with Crippen molar-refractivity contribution in [3.05, 3.63) is 71.0 Å². The molecule has 2 aromatic carbocycles. The van der Waals surface area contributed by atoms with Crippen LogP contribution in [0.25, 0.3) is 11.2 Å². The highest BCUT2D eigenvalue weighted by molar-refractivity contribution is 6.21. The van der Waals surface area contributed by atoms with Crippen molar-refractivity contribution in [3.8, 4) is 0 Å². The van der Waals surface area contributed by atoms with E-state index < -0.39 is 29.7 Å². The lowest BCUT2D eigenvalue weighted by atomic mass is 10.1. The number of hydrogen-bond acceptors (Lipinski definition) is 13. The summed E-state index contributed by atoms with van der Waals surface area (Å²) in [6, 6.07) is 9.53. The molecule has 0 fully saturated rings. The summed E-state index contributed by atoms with van der Waals surface area (Å²) >= 11 is 0. The van der Waals surface area contributed by atoms with Crippen molar-refractivity contribution >= 4 is 64.4 Å². The molecule has 2 aromatic heterocycles. The van der Waals surface area contributed by atoms with Crippen LogP contribution in [0, 0.1) is 0 Å². The second-order valence-electron chi connectivity index (χ2n) is 10.0. The minimum atomic E-state index is -1.04. The Hall–Kier alpha value is -6.19. The van der Waals surface area contributed by atoms with Crippen molar-refractivity contribution in [3.63, 3.8) is 0 Å². The first kappa shape index (κ1) is 30.3. The number of nitrogens with two attached hydrogens (primary N) is 3. The average Bonchev–Trinajstić information content (AvgIpc) is 3.26. The Morgan fingerprint density at radius 2 is 1.76 bits per heavy atom. The minimum Gasteiger partial charge on any atom is -0.467 e. The second kappa shape index (κ2) is 12.6. The van der Waals surface area contributed by atoms with Gasteiger partial charge in [-0.25, -0.2) is 14.8 Å². The first-order valence-corrected chi connectivity index (χ1v) is 13.6. The number of nitrogen functional groups attached to an aromatic ring is 3. The molecule has 45 heavy (non-hydrogen) atoms. The molecule has 16 heteroatoms. The number of rotatable bonds is 11. The molecule has 0 spiro atoms. The number of fused-ring (bicyclic) bond motifs is 2. The van der Waals surface area contributed by atoms with Crippen molar-refractivity contribution in [1.29, 1.82) is 0 Å². The Morgan fingerprint density at radius 3 is 2.47 bits per heavy atom. The van der Waals surface area contributed by atoms with E-state index in [1.54, 1.807) is 18.2 Å². The molecule has 1 aliphatic rings. The van der Waals surface area contributed by atoms with Gasteiger partial charge < -0.3 is 32.2 Å². The third kappa shape index (κ3) is 6.29. The minimum absolute atomic E-state index is 0.0289. The molecule has 230 valence electrons. The van der Waals surface area contributed by atoms with E-state index in [2.05, 4.69) is 25.3 Å². The Bertz CT molecular complexity index is 1830. The van der Waals surface area contributed by atoms with Gasteiger partial charge in [-0.3, -0.25) is 24.1 Å². The number of aromatic nitrogens is 4. The van der Waals surface area contributed by atoms with Gasteiger partial charge in [-0.1, -0.05) is 0 Å². The summed E-state index contributed by atoms with van der Waals surface area (Å²) in [6.45, 7) is 0.0633. The van der Waals surface area contributed by atoms with Gasteiger partial charge in [-0.15, -0.1) is 0 Å². The lowest BCUT2D eigenvalue weighted by molar-refractivity contribution is -0.143. The van der Waals surface area contributed by atoms with E-state index >= 15 is 0 Å². The number of hydrogen-bond donors (Lipinski definition) is 4. The van der Waals surface area contributed by atoms with Crippen LogP contribution >= 0.6 is 0 Å². The predicted molar refractivity (Wildman–Crippen MR) is 161 cm³/mol. The zero-order valence-corrected chi connectivity index (χ0v) is 24.0. The number of imide groups is 1. The number of amides is 4. The number of anilines is 4. The van der Waals surface area contributed by atoms with E-state index in [0.29, 0.717) is 23.5 Å². The summed E-state index contributed by atoms with van der Waals surface area (Å²) in [7, 11) is 1.19. The normalized spacial score (nSPS) is 13.0. The number of benzene rings is 2. The monoisotopic (exact) mass is 612 g/mol. The molecular weight excluding hydrogens is 584 g/mol. The molecular formula is C29H28N10O6. The van der Waals surface area contributed by atoms with Crippen molar-refractivity contribution in [2.45, 2.75) is 25.4 Å². The topological polar surface area (TPSA) is 243 Å². The summed E-state index contributed by atoms with van der Waals surface area (Å²) < 4.78 is 4.85. The first-order valence-electron chi connectivity index (χ1n) is 13.6. The summed E-state index contributed by atoms with van der Waals surface area (Å²) in [5.41, 5.74) is 19.6. The number of ether oxygens (including phenoxy) is 1. The summed E-state index contributed by atoms with van der Waals surface area (Å²) in [5, 5.41) is 2.63. The maximum Gasteiger partial charge on any atom is 0.328 e. The molecule has 4 amide bonds. The van der Waals surface area contributed by atoms with Crippen LogP contribution in [0.1, 0.15) is 49.6 Å². The van der Waals surface area contributed by atoms with Crippen molar-refractivity contribution < 1.29 is 28.7 Å². The van der Waals surface area contributed by atoms with Crippen LogP contribution in [0.2, 0.25) is 0 Å². The molecule has 7 N–H and O–H groups in total. The van der Waals surface area contributed by atoms with Gasteiger partial charge in [-0.2, -0.15) is 9.97 Å². The van der Waals surface area contributed by atoms with Gasteiger partial charge in [0.2, 0.25) is 12.4 Å². The van der Waals surface area contributed by atoms with Crippen LogP contribution < -0.4 is 27.4 Å². The quantitative estimate of drug-likeness (QED) is 0.0789. The van der Waals surface area contributed by atoms with E-state index in [1.807, 2.05) is 0 Å². The molecule has 0 saturated heterocycles. The molecule has 0 aliphatic carbocycles. The molecule has 3 heterocycles. The largest absolute Gasteiger partial charge is 0.467 e. The molecule has 1 atom stereocenters. The molecule has 0 bridgehead atoms. The fraction of sp³-hybridized carbons (Fsp3) is 0.207. The number of carbonyl (C=O) groups is 5. The molecule has 16 nitrogen and oxygen atoms in total. The number of nitrogens with zero attached hydrogens (tertiary/aromatic N) is 6. The van der Waals surface area contributed by atoms with E-state index in [4.69, 9.17) is 21.9 Å². The third-order valence-corrected chi connectivity index (χ3v) is 7.08. The van der Waals surface area contributed by atoms with Crippen LogP contribution in [-0.2, 0) is 20.9 Å². The lowest BCUT2D eigenvalue weighted by Gasteiger charge is -2.19. The molecule has 4 aromatic rings. The third-order valence-electron chi connectivity index (χ3n) is 7.08. The Morgan fingerprint density at radius 1 is 1.02 bits per heavy atom. The highest BCUT2D eigenvalue weighted by Crippen LogP contribution is 2.25. The summed E-state index contributed by atoms with van der Waals surface area (Å²) in [4.78, 5) is 81.6. The van der Waals surface area contributed by atoms with Gasteiger partial charge in [0.05, 0.1) is 36.7 Å². The fourth-order valence-electron chi connectivity index (χ4n) is 4.82. The fourth-order valence-corrected chi connectivity index (χ4v) is 4.82. The SMILES string of the molecule is COC(=O)[C@H](CCCN1C(=O)c2ccc(N)cc2C1=O)NC(=O)c1ccc(N(C=O)Cc2cnc3nc(N)nc(N)c3n2)cc1. The molecule has 0 radical (unpaired) electrons. The lowest BCUT2D eigenvalue weighted by Crippen LogP contribution is -2.42. The van der Waals surface area contributed by atoms with Gasteiger partial charge in [-0.05, 0) is 55.3 Å². The number of carbonyl (C=O) groups excluding carboxylic acids is 5.